The highest BCUT2D eigenvalue weighted by Crippen LogP contribution is 2.36. The lowest BCUT2D eigenvalue weighted by Crippen LogP contribution is -2.61. The van der Waals surface area contributed by atoms with Gasteiger partial charge < -0.3 is 15.5 Å². The van der Waals surface area contributed by atoms with E-state index in [4.69, 9.17) is 0 Å². The zero-order chi connectivity index (χ0) is 18.0. The average molecular weight is 432 g/mol. The molecule has 2 rings (SSSR count). The minimum atomic E-state index is -3.46. The molecule has 1 heterocycles. The molecule has 0 aromatic carbocycles. The Kier molecular flexibility index (Phi) is 9.89. The first kappa shape index (κ1) is 25.9. The minimum absolute atomic E-state index is 0. The molecule has 2 unspecified atom stereocenters. The quantitative estimate of drug-likeness (QED) is 0.691. The first-order valence-electron chi connectivity index (χ1n) is 8.99. The van der Waals surface area contributed by atoms with Crippen LogP contribution in [-0.2, 0) is 14.6 Å². The Hall–Kier alpha value is -0.0800. The van der Waals surface area contributed by atoms with Gasteiger partial charge in [-0.1, -0.05) is 19.8 Å². The molecule has 0 aromatic heterocycles. The number of piperidine rings is 1. The van der Waals surface area contributed by atoms with Crippen molar-refractivity contribution in [3.05, 3.63) is 0 Å². The highest BCUT2D eigenvalue weighted by Gasteiger charge is 2.49. The summed E-state index contributed by atoms with van der Waals surface area (Å²) in [6.45, 7) is 3.91. The third-order valence-corrected chi connectivity index (χ3v) is 8.14. The van der Waals surface area contributed by atoms with Crippen LogP contribution in [0.15, 0.2) is 0 Å². The number of hydrogen-bond donors (Lipinski definition) is 2. The number of carbonyl (C=O) groups is 1. The zero-order valence-electron chi connectivity index (χ0n) is 16.3. The highest BCUT2D eigenvalue weighted by atomic mass is 35.5. The normalized spacial score (nSPS) is 28.6. The summed E-state index contributed by atoms with van der Waals surface area (Å²) in [4.78, 5) is 15.1. The number of halogens is 2. The predicted octanol–water partition coefficient (Wildman–Crippen LogP) is 1.62. The van der Waals surface area contributed by atoms with Gasteiger partial charge in [-0.05, 0) is 58.8 Å². The molecule has 156 valence electrons. The monoisotopic (exact) mass is 431 g/mol. The molecule has 0 radical (unpaired) electrons. The van der Waals surface area contributed by atoms with Crippen molar-refractivity contribution in [1.29, 1.82) is 0 Å². The Morgan fingerprint density at radius 2 is 1.77 bits per heavy atom. The molecule has 1 saturated heterocycles. The molecule has 2 N–H and O–H groups in total. The number of nitrogens with zero attached hydrogens (tertiary/aromatic N) is 1. The first-order chi connectivity index (χ1) is 11.1. The maximum Gasteiger partial charge on any atom is 0.241 e. The van der Waals surface area contributed by atoms with E-state index in [1.807, 2.05) is 0 Å². The number of rotatable bonds is 5. The van der Waals surface area contributed by atoms with Crippen molar-refractivity contribution in [1.82, 2.24) is 15.5 Å². The van der Waals surface area contributed by atoms with Gasteiger partial charge in [-0.15, -0.1) is 24.8 Å². The molecule has 1 saturated carbocycles. The van der Waals surface area contributed by atoms with Gasteiger partial charge in [0.25, 0.3) is 0 Å². The Morgan fingerprint density at radius 1 is 1.19 bits per heavy atom. The second-order valence-corrected chi connectivity index (χ2v) is 10.3. The minimum Gasteiger partial charge on any atom is -0.353 e. The van der Waals surface area contributed by atoms with E-state index in [1.54, 1.807) is 0 Å². The van der Waals surface area contributed by atoms with E-state index in [9.17, 15) is 13.2 Å². The fraction of sp³-hybridized carbons (Fsp3) is 0.941. The average Bonchev–Trinajstić information content (AvgIpc) is 2.52. The number of carbonyl (C=O) groups excluding carboxylic acids is 1. The van der Waals surface area contributed by atoms with Gasteiger partial charge in [0.05, 0.1) is 0 Å². The van der Waals surface area contributed by atoms with Gasteiger partial charge in [-0.2, -0.15) is 0 Å². The van der Waals surface area contributed by atoms with Crippen LogP contribution in [0.3, 0.4) is 0 Å². The second kappa shape index (κ2) is 9.92. The molecule has 6 nitrogen and oxygen atoms in total. The van der Waals surface area contributed by atoms with Crippen LogP contribution in [0.2, 0.25) is 0 Å². The van der Waals surface area contributed by atoms with Gasteiger partial charge in [0.2, 0.25) is 5.91 Å². The summed E-state index contributed by atoms with van der Waals surface area (Å²) in [7, 11) is 0.657. The van der Waals surface area contributed by atoms with E-state index >= 15 is 0 Å². The number of likely N-dealkylation sites (N-methyl/N-ethyl adjacent to an activating group) is 1. The fourth-order valence-electron chi connectivity index (χ4n) is 4.36. The van der Waals surface area contributed by atoms with E-state index in [0.29, 0.717) is 38.4 Å². The number of nitrogens with one attached hydrogen (secondary N) is 2. The van der Waals surface area contributed by atoms with Crippen LogP contribution in [0.5, 0.6) is 0 Å². The third-order valence-electron chi connectivity index (χ3n) is 6.13. The number of hydrogen-bond acceptors (Lipinski definition) is 5. The second-order valence-electron chi connectivity index (χ2n) is 8.02. The molecule has 1 aliphatic carbocycles. The first-order valence-corrected chi connectivity index (χ1v) is 10.9. The molecule has 1 aliphatic heterocycles. The molecule has 0 aromatic rings. The van der Waals surface area contributed by atoms with Crippen molar-refractivity contribution in [2.45, 2.75) is 55.7 Å². The predicted molar refractivity (Wildman–Crippen MR) is 111 cm³/mol. The smallest absolute Gasteiger partial charge is 0.241 e. The fourth-order valence-corrected chi connectivity index (χ4v) is 5.71. The number of amides is 1. The van der Waals surface area contributed by atoms with Crippen LogP contribution in [-0.4, -0.2) is 69.5 Å². The van der Waals surface area contributed by atoms with Crippen molar-refractivity contribution in [2.75, 3.05) is 40.0 Å². The molecule has 26 heavy (non-hydrogen) atoms. The van der Waals surface area contributed by atoms with Crippen molar-refractivity contribution in [3.63, 3.8) is 0 Å². The maximum absolute atomic E-state index is 12.9. The zero-order valence-corrected chi connectivity index (χ0v) is 18.8. The molecule has 0 spiro atoms. The van der Waals surface area contributed by atoms with Gasteiger partial charge in [-0.3, -0.25) is 4.79 Å². The molecular weight excluding hydrogens is 397 g/mol. The molecule has 2 aliphatic rings. The molecule has 2 atom stereocenters. The van der Waals surface area contributed by atoms with E-state index in [2.05, 4.69) is 36.6 Å². The lowest BCUT2D eigenvalue weighted by Gasteiger charge is -2.46. The largest absolute Gasteiger partial charge is 0.353 e. The molecule has 9 heteroatoms. The summed E-state index contributed by atoms with van der Waals surface area (Å²) in [5.41, 5.74) is -0.0705. The van der Waals surface area contributed by atoms with Gasteiger partial charge in [0.15, 0.2) is 14.6 Å². The van der Waals surface area contributed by atoms with E-state index in [0.717, 1.165) is 19.3 Å². The van der Waals surface area contributed by atoms with Crippen molar-refractivity contribution >= 4 is 40.6 Å². The molecular formula is C17H35Cl2N3O3S. The summed E-state index contributed by atoms with van der Waals surface area (Å²) in [6, 6.07) is 0. The number of sulfone groups is 1. The Morgan fingerprint density at radius 3 is 2.23 bits per heavy atom. The van der Waals surface area contributed by atoms with Crippen LogP contribution in [0.4, 0.5) is 0 Å². The maximum atomic E-state index is 12.9. The van der Waals surface area contributed by atoms with Crippen molar-refractivity contribution < 1.29 is 13.2 Å². The summed E-state index contributed by atoms with van der Waals surface area (Å²) >= 11 is 0. The third kappa shape index (κ3) is 5.25. The molecule has 2 fully saturated rings. The summed E-state index contributed by atoms with van der Waals surface area (Å²) in [5.74, 6) is 0.312. The SMILES string of the molecule is CC1CCCC(CNC(=O)C2(S(C)(=O)=O)CCNCC2)(N(C)C)C1.Cl.Cl. The van der Waals surface area contributed by atoms with Crippen LogP contribution in [0.1, 0.15) is 45.4 Å². The van der Waals surface area contributed by atoms with E-state index in [1.165, 1.54) is 12.7 Å². The van der Waals surface area contributed by atoms with E-state index < -0.39 is 14.6 Å². The Balaban J connectivity index is 0.00000312. The van der Waals surface area contributed by atoms with Crippen LogP contribution < -0.4 is 10.6 Å². The topological polar surface area (TPSA) is 78.5 Å². The Labute approximate surface area is 171 Å². The van der Waals surface area contributed by atoms with Gasteiger partial charge in [-0.25, -0.2) is 8.42 Å². The molecule has 1 amide bonds. The van der Waals surface area contributed by atoms with Crippen LogP contribution in [0, 0.1) is 5.92 Å². The van der Waals surface area contributed by atoms with Crippen LogP contribution >= 0.6 is 24.8 Å². The standard InChI is InChI=1S/C17H33N3O3S.2ClH/c1-14-6-5-7-16(12-14,20(2)3)13-19-15(21)17(24(4,22)23)8-10-18-11-9-17;;/h14,18H,5-13H2,1-4H3,(H,19,21);2*1H. The van der Waals surface area contributed by atoms with Crippen molar-refractivity contribution in [3.8, 4) is 0 Å². The summed E-state index contributed by atoms with van der Waals surface area (Å²) in [5, 5.41) is 6.18. The Bertz CT molecular complexity index is 566. The summed E-state index contributed by atoms with van der Waals surface area (Å²) < 4.78 is 23.5. The lowest BCUT2D eigenvalue weighted by molar-refractivity contribution is -0.125. The lowest BCUT2D eigenvalue weighted by atomic mass is 9.75. The van der Waals surface area contributed by atoms with Gasteiger partial charge >= 0.3 is 0 Å². The van der Waals surface area contributed by atoms with Gasteiger partial charge in [0, 0.05) is 18.3 Å². The van der Waals surface area contributed by atoms with E-state index in [-0.39, 0.29) is 36.3 Å². The molecule has 0 bridgehead atoms. The van der Waals surface area contributed by atoms with Crippen LogP contribution in [0.25, 0.3) is 0 Å². The van der Waals surface area contributed by atoms with Gasteiger partial charge in [0.1, 0.15) is 0 Å². The van der Waals surface area contributed by atoms with Crippen molar-refractivity contribution in [2.24, 2.45) is 5.92 Å². The summed E-state index contributed by atoms with van der Waals surface area (Å²) in [6.07, 6.45) is 6.35. The highest BCUT2D eigenvalue weighted by molar-refractivity contribution is 7.92.